The number of rotatable bonds is 1. The van der Waals surface area contributed by atoms with Crippen molar-refractivity contribution in [2.24, 2.45) is 0 Å². The largest absolute Gasteiger partial charge is 2.00 e. The number of aliphatic hydroxyl groups is 1. The maximum Gasteiger partial charge on any atom is 2.00 e. The number of hydrogen-bond acceptors (Lipinski definition) is 3. The quantitative estimate of drug-likeness (QED) is 0.407. The van der Waals surface area contributed by atoms with Crippen LogP contribution in [0.2, 0.25) is 0 Å². The number of carboxylic acids is 1. The van der Waals surface area contributed by atoms with E-state index in [2.05, 4.69) is 0 Å². The summed E-state index contributed by atoms with van der Waals surface area (Å²) in [5, 5.41) is 21.6. The summed E-state index contributed by atoms with van der Waals surface area (Å²) in [7, 11) is 0. The van der Waals surface area contributed by atoms with Crippen molar-refractivity contribution in [2.75, 3.05) is 0 Å². The Hall–Kier alpha value is 0.341. The minimum atomic E-state index is -1.31. The minimum absolute atomic E-state index is 0. The molecule has 0 aliphatic rings. The zero-order valence-corrected chi connectivity index (χ0v) is 8.88. The molecule has 3 N–H and O–H groups in total. The molecule has 0 aliphatic heterocycles. The summed E-state index contributed by atoms with van der Waals surface area (Å²) < 4.78 is 0. The predicted octanol–water partition coefficient (Wildman–Crippen LogP) is -1.16. The van der Waals surface area contributed by atoms with Crippen LogP contribution in [0.1, 0.15) is 0 Å². The third kappa shape index (κ3) is 61.2. The summed E-state index contributed by atoms with van der Waals surface area (Å²) in [6.07, 6.45) is 0. The smallest absolute Gasteiger partial charge is 0.665 e. The molecule has 0 bridgehead atoms. The van der Waals surface area contributed by atoms with Gasteiger partial charge in [-0.15, -0.1) is 0 Å². The van der Waals surface area contributed by atoms with E-state index in [-0.39, 0.29) is 55.5 Å². The van der Waals surface area contributed by atoms with E-state index in [4.69, 9.17) is 24.9 Å². The molecular weight excluding hydrogens is 253 g/mol. The fraction of sp³-hybridized carbons (Fsp3) is 0. The van der Waals surface area contributed by atoms with Gasteiger partial charge in [-0.3, -0.25) is 4.79 Å². The van der Waals surface area contributed by atoms with E-state index in [0.29, 0.717) is 6.47 Å². The second kappa shape index (κ2) is 15.8. The first kappa shape index (κ1) is 16.2. The maximum absolute atomic E-state index is 9.06. The van der Waals surface area contributed by atoms with Gasteiger partial charge in [-0.1, -0.05) is 6.47 Å². The number of aliphatic carboxylic acids is 1. The van der Waals surface area contributed by atoms with Crippen LogP contribution in [0.15, 0.2) is 0 Å². The van der Waals surface area contributed by atoms with E-state index in [1.54, 1.807) is 0 Å². The van der Waals surface area contributed by atoms with Crippen LogP contribution in [0.3, 0.4) is 0 Å². The molecule has 0 radical (unpaired) electrons. The zero-order valence-electron chi connectivity index (χ0n) is 4.44. The Morgan fingerprint density at radius 3 is 1.67 bits per heavy atom. The van der Waals surface area contributed by atoms with Crippen molar-refractivity contribution in [3.8, 4) is 0 Å². The first-order chi connectivity index (χ1) is 3.68. The third-order valence-electron chi connectivity index (χ3n) is 0.110. The zero-order chi connectivity index (χ0) is 6.99. The van der Waals surface area contributed by atoms with Crippen molar-refractivity contribution in [3.05, 3.63) is 6.61 Å². The number of aliphatic hydroxyl groups excluding tert-OH is 2. The van der Waals surface area contributed by atoms with Crippen molar-refractivity contribution in [3.63, 3.8) is 0 Å². The van der Waals surface area contributed by atoms with Crippen molar-refractivity contribution in [1.29, 1.82) is 0 Å². The van der Waals surface area contributed by atoms with E-state index in [1.807, 2.05) is 0 Å². The molecule has 0 aliphatic carbocycles. The van der Waals surface area contributed by atoms with Crippen LogP contribution in [0.4, 0.5) is 0 Å². The summed E-state index contributed by atoms with van der Waals surface area (Å²) in [6.45, 7) is 0.583. The second-order valence-corrected chi connectivity index (χ2v) is 0.559. The molecule has 0 rings (SSSR count). The van der Waals surface area contributed by atoms with E-state index in [9.17, 15) is 0 Å². The van der Waals surface area contributed by atoms with Gasteiger partial charge in [0.25, 0.3) is 0 Å². The minimum Gasteiger partial charge on any atom is -0.665 e. The van der Waals surface area contributed by atoms with Crippen LogP contribution in [0, 0.1) is 6.61 Å². The Balaban J connectivity index is -0.0000000800. The van der Waals surface area contributed by atoms with E-state index < -0.39 is 5.97 Å². The summed E-state index contributed by atoms with van der Waals surface area (Å²) in [4.78, 5) is 17.3. The first-order valence-electron chi connectivity index (χ1n) is 1.40. The molecule has 9 heavy (non-hydrogen) atoms. The molecule has 0 aromatic carbocycles. The van der Waals surface area contributed by atoms with Gasteiger partial charge in [-0.25, -0.2) is 0 Å². The summed E-state index contributed by atoms with van der Waals surface area (Å²) in [6, 6.07) is 0. The predicted molar refractivity (Wildman–Crippen MR) is 27.9 cm³/mol. The van der Waals surface area contributed by atoms with E-state index in [1.165, 1.54) is 0 Å². The van der Waals surface area contributed by atoms with Gasteiger partial charge in [-0.05, 0) is 0 Å². The molecule has 0 aromatic heterocycles. The Labute approximate surface area is 91.8 Å². The normalized spacial score (nSPS) is 5.00. The van der Waals surface area contributed by atoms with E-state index in [0.717, 1.165) is 0 Å². The van der Waals surface area contributed by atoms with Gasteiger partial charge in [-0.2, -0.15) is 6.61 Å². The number of carbonyl (C=O) groups is 1. The van der Waals surface area contributed by atoms with Crippen LogP contribution >= 0.6 is 0 Å². The van der Waals surface area contributed by atoms with Crippen molar-refractivity contribution < 1.29 is 24.9 Å². The Morgan fingerprint density at radius 2 is 1.67 bits per heavy atom. The third-order valence-corrected chi connectivity index (χ3v) is 0.110. The standard InChI is InChI=1S/C2H3O3.CHO2.Ba/c3-1-2(4)5;2-1-3;/h1,3H,(H,4,5);(H,2,3);/q2*-1;+2. The van der Waals surface area contributed by atoms with Crippen LogP contribution in [0.5, 0.6) is 0 Å². The SMILES string of the molecule is O=C(O)[CH-]O.O=[C-]O.[Ba+2]. The van der Waals surface area contributed by atoms with Crippen molar-refractivity contribution in [2.45, 2.75) is 0 Å². The monoisotopic (exact) mass is 258 g/mol. The molecule has 0 spiro atoms. The Bertz CT molecular complexity index is 72.6. The van der Waals surface area contributed by atoms with Gasteiger partial charge in [0.15, 0.2) is 5.97 Å². The van der Waals surface area contributed by atoms with Crippen LogP contribution in [-0.2, 0) is 9.59 Å². The van der Waals surface area contributed by atoms with Gasteiger partial charge >= 0.3 is 48.9 Å². The summed E-state index contributed by atoms with van der Waals surface area (Å²) in [5.74, 6) is -1.31. The average Bonchev–Trinajstić information content (AvgIpc) is 1.69. The molecule has 0 unspecified atom stereocenters. The molecule has 0 saturated heterocycles. The molecular formula is C3H4BaO5. The second-order valence-electron chi connectivity index (χ2n) is 0.559. The number of carboxylic acid groups (broad SMARTS) is 1. The molecule has 0 heterocycles. The first-order valence-corrected chi connectivity index (χ1v) is 1.40. The van der Waals surface area contributed by atoms with Crippen molar-refractivity contribution >= 4 is 61.3 Å². The molecule has 0 amide bonds. The molecule has 5 nitrogen and oxygen atoms in total. The fourth-order valence-corrected chi connectivity index (χ4v) is 0. The molecule has 0 aromatic rings. The van der Waals surface area contributed by atoms with Gasteiger partial charge in [0.05, 0.1) is 0 Å². The average molecular weight is 257 g/mol. The van der Waals surface area contributed by atoms with Gasteiger partial charge in [0.2, 0.25) is 0 Å². The molecule has 6 heteroatoms. The summed E-state index contributed by atoms with van der Waals surface area (Å²) in [5.41, 5.74) is 0. The number of hydrogen-bond donors (Lipinski definition) is 3. The molecule has 0 saturated carbocycles. The molecule has 0 fully saturated rings. The summed E-state index contributed by atoms with van der Waals surface area (Å²) >= 11 is 0. The van der Waals surface area contributed by atoms with Crippen LogP contribution in [0.25, 0.3) is 0 Å². The van der Waals surface area contributed by atoms with Gasteiger partial charge in [0.1, 0.15) is 0 Å². The van der Waals surface area contributed by atoms with Gasteiger partial charge in [0, 0.05) is 0 Å². The molecule has 0 atom stereocenters. The Morgan fingerprint density at radius 1 is 1.56 bits per heavy atom. The van der Waals surface area contributed by atoms with Crippen LogP contribution in [-0.4, -0.2) is 76.6 Å². The van der Waals surface area contributed by atoms with Crippen molar-refractivity contribution in [1.82, 2.24) is 0 Å². The fourth-order valence-electron chi connectivity index (χ4n) is 0. The maximum atomic E-state index is 9.06. The molecule has 48 valence electrons. The van der Waals surface area contributed by atoms with E-state index >= 15 is 0 Å². The van der Waals surface area contributed by atoms with Crippen LogP contribution < -0.4 is 0 Å². The Kier molecular flexibility index (Phi) is 28.3. The topological polar surface area (TPSA) is 94.8 Å². The van der Waals surface area contributed by atoms with Gasteiger partial charge < -0.3 is 20.1 Å².